The second-order valence-corrected chi connectivity index (χ2v) is 10.3. The molecule has 1 amide bonds. The van der Waals surface area contributed by atoms with E-state index in [9.17, 15) is 4.79 Å². The van der Waals surface area contributed by atoms with Crippen LogP contribution in [-0.4, -0.2) is 60.4 Å². The largest absolute Gasteiger partial charge is 0.375 e. The summed E-state index contributed by atoms with van der Waals surface area (Å²) in [4.78, 5) is 19.4. The van der Waals surface area contributed by atoms with Crippen molar-refractivity contribution >= 4 is 52.4 Å². The van der Waals surface area contributed by atoms with E-state index in [-0.39, 0.29) is 28.9 Å². The third kappa shape index (κ3) is 5.90. The number of carbonyl (C=O) groups excluding carboxylic acids is 1. The summed E-state index contributed by atoms with van der Waals surface area (Å²) in [7, 11) is 0. The molecule has 0 spiro atoms. The summed E-state index contributed by atoms with van der Waals surface area (Å²) in [5.74, 6) is -0.373. The third-order valence-electron chi connectivity index (χ3n) is 6.76. The minimum absolute atomic E-state index is 0.0438. The first-order valence-corrected chi connectivity index (χ1v) is 13.0. The number of thiocarbonyl (C=S) groups is 1. The van der Waals surface area contributed by atoms with E-state index in [1.807, 2.05) is 29.7 Å². The summed E-state index contributed by atoms with van der Waals surface area (Å²) in [5.41, 5.74) is 10.7. The monoisotopic (exact) mass is 530 g/mol. The van der Waals surface area contributed by atoms with Crippen LogP contribution in [0, 0.1) is 5.82 Å². The first-order valence-electron chi connectivity index (χ1n) is 12.2. The third-order valence-corrected chi connectivity index (χ3v) is 7.10. The summed E-state index contributed by atoms with van der Waals surface area (Å²) in [6, 6.07) is 10.2. The smallest absolute Gasteiger partial charge is 0.254 e. The molecule has 0 radical (unpaired) electrons. The number of amides is 1. The van der Waals surface area contributed by atoms with E-state index >= 15 is 4.39 Å². The molecule has 2 fully saturated rings. The lowest BCUT2D eigenvalue weighted by Crippen LogP contribution is -2.59. The Balaban J connectivity index is 1.60. The van der Waals surface area contributed by atoms with Crippen molar-refractivity contribution in [3.63, 3.8) is 0 Å². The molecule has 2 atom stereocenters. The van der Waals surface area contributed by atoms with Crippen LogP contribution in [0.2, 0.25) is 5.02 Å². The highest BCUT2D eigenvalue weighted by Crippen LogP contribution is 2.33. The predicted octanol–water partition coefficient (Wildman–Crippen LogP) is 4.38. The van der Waals surface area contributed by atoms with Crippen LogP contribution in [0.3, 0.4) is 0 Å². The Kier molecular flexibility index (Phi) is 8.31. The van der Waals surface area contributed by atoms with Gasteiger partial charge in [0.2, 0.25) is 0 Å². The van der Waals surface area contributed by atoms with Crippen molar-refractivity contribution in [2.24, 2.45) is 10.8 Å². The molecule has 3 N–H and O–H groups in total. The lowest BCUT2D eigenvalue weighted by atomic mass is 10.0. The number of hydrogen-bond donors (Lipinski definition) is 2. The maximum Gasteiger partial charge on any atom is 0.254 e. The van der Waals surface area contributed by atoms with Crippen molar-refractivity contribution in [1.82, 2.24) is 10.3 Å². The summed E-state index contributed by atoms with van der Waals surface area (Å²) < 4.78 is 15.5. The van der Waals surface area contributed by atoms with E-state index in [2.05, 4.69) is 15.4 Å². The predicted molar refractivity (Wildman–Crippen MR) is 149 cm³/mol. The standard InChI is InChI=1S/C26H32ClFN6OS/c1-17-15-33(16-18(2)34(17)25(35)19-6-8-21(27)9-7-19)24-13-23(32-10-4-3-5-11-32)20(12-22(24)28)14-30-31-26(29)36/h6-9,12-14,17-18H,3-5,10-11,15-16H2,1-2H3,(H3,29,31,36)/b30-14+/t17-,18+. The van der Waals surface area contributed by atoms with E-state index in [1.54, 1.807) is 30.5 Å². The fourth-order valence-corrected chi connectivity index (χ4v) is 5.33. The first kappa shape index (κ1) is 26.2. The van der Waals surface area contributed by atoms with Gasteiger partial charge in [-0.2, -0.15) is 5.10 Å². The minimum atomic E-state index is -0.329. The number of nitrogens with zero attached hydrogens (tertiary/aromatic N) is 4. The van der Waals surface area contributed by atoms with Crippen LogP contribution < -0.4 is 21.0 Å². The normalized spacial score (nSPS) is 20.6. The quantitative estimate of drug-likeness (QED) is 0.339. The Morgan fingerprint density at radius 3 is 2.33 bits per heavy atom. The maximum atomic E-state index is 15.5. The molecule has 192 valence electrons. The minimum Gasteiger partial charge on any atom is -0.375 e. The number of anilines is 2. The molecule has 2 aliphatic rings. The van der Waals surface area contributed by atoms with Crippen LogP contribution in [0.15, 0.2) is 41.5 Å². The van der Waals surface area contributed by atoms with Gasteiger partial charge in [0, 0.05) is 60.1 Å². The first-order chi connectivity index (χ1) is 17.2. The van der Waals surface area contributed by atoms with Gasteiger partial charge in [0.05, 0.1) is 11.9 Å². The fraction of sp³-hybridized carbons (Fsp3) is 0.423. The van der Waals surface area contributed by atoms with E-state index in [4.69, 9.17) is 29.6 Å². The zero-order chi connectivity index (χ0) is 25.8. The molecule has 0 unspecified atom stereocenters. The Labute approximate surface area is 222 Å². The zero-order valence-electron chi connectivity index (χ0n) is 20.6. The molecule has 4 rings (SSSR count). The van der Waals surface area contributed by atoms with Gasteiger partial charge >= 0.3 is 0 Å². The van der Waals surface area contributed by atoms with Crippen molar-refractivity contribution in [2.75, 3.05) is 36.0 Å². The number of nitrogens with one attached hydrogen (secondary N) is 1. The molecule has 2 aliphatic heterocycles. The molecule has 2 aromatic carbocycles. The van der Waals surface area contributed by atoms with Gasteiger partial charge in [-0.15, -0.1) is 0 Å². The molecular formula is C26H32ClFN6OS. The number of benzene rings is 2. The van der Waals surface area contributed by atoms with Gasteiger partial charge in [0.1, 0.15) is 5.82 Å². The second kappa shape index (κ2) is 11.4. The van der Waals surface area contributed by atoms with Gasteiger partial charge in [0.15, 0.2) is 5.11 Å². The molecule has 10 heteroatoms. The van der Waals surface area contributed by atoms with Crippen LogP contribution >= 0.6 is 23.8 Å². The van der Waals surface area contributed by atoms with Gasteiger partial charge in [-0.05, 0) is 81.7 Å². The lowest BCUT2D eigenvalue weighted by molar-refractivity contribution is 0.0574. The lowest BCUT2D eigenvalue weighted by Gasteiger charge is -2.45. The number of hydrogen-bond acceptors (Lipinski definition) is 5. The molecule has 2 aromatic rings. The number of hydrazone groups is 1. The zero-order valence-corrected chi connectivity index (χ0v) is 22.2. The summed E-state index contributed by atoms with van der Waals surface area (Å²) in [5, 5.41) is 4.71. The van der Waals surface area contributed by atoms with Crippen LogP contribution in [-0.2, 0) is 0 Å². The topological polar surface area (TPSA) is 77.2 Å². The summed E-state index contributed by atoms with van der Waals surface area (Å²) >= 11 is 10.8. The summed E-state index contributed by atoms with van der Waals surface area (Å²) in [6.45, 7) is 6.87. The highest BCUT2D eigenvalue weighted by Gasteiger charge is 2.34. The molecule has 0 aromatic heterocycles. The van der Waals surface area contributed by atoms with Crippen molar-refractivity contribution in [3.8, 4) is 0 Å². The van der Waals surface area contributed by atoms with Gasteiger partial charge in [-0.1, -0.05) is 11.6 Å². The molecule has 2 heterocycles. The SMILES string of the molecule is C[C@@H]1CN(c2cc(N3CCCCC3)c(/C=N/NC(N)=S)cc2F)C[C@H](C)N1C(=O)c1ccc(Cl)cc1. The van der Waals surface area contributed by atoms with Crippen LogP contribution in [0.5, 0.6) is 0 Å². The molecule has 2 saturated heterocycles. The number of carbonyl (C=O) groups is 1. The Hall–Kier alpha value is -2.91. The Morgan fingerprint density at radius 2 is 1.72 bits per heavy atom. The van der Waals surface area contributed by atoms with E-state index in [0.717, 1.165) is 31.6 Å². The Morgan fingerprint density at radius 1 is 1.08 bits per heavy atom. The maximum absolute atomic E-state index is 15.5. The molecule has 36 heavy (non-hydrogen) atoms. The van der Waals surface area contributed by atoms with Crippen LogP contribution in [0.1, 0.15) is 49.0 Å². The molecule has 0 saturated carbocycles. The number of halogens is 2. The Bertz CT molecular complexity index is 1130. The molecule has 7 nitrogen and oxygen atoms in total. The van der Waals surface area contributed by atoms with Crippen molar-refractivity contribution in [3.05, 3.63) is 58.4 Å². The second-order valence-electron chi connectivity index (χ2n) is 9.47. The van der Waals surface area contributed by atoms with E-state index in [1.165, 1.54) is 12.5 Å². The number of piperazine rings is 1. The van der Waals surface area contributed by atoms with E-state index < -0.39 is 0 Å². The van der Waals surface area contributed by atoms with Gasteiger partial charge in [-0.25, -0.2) is 4.39 Å². The van der Waals surface area contributed by atoms with Crippen molar-refractivity contribution < 1.29 is 9.18 Å². The summed E-state index contributed by atoms with van der Waals surface area (Å²) in [6.07, 6.45) is 4.93. The highest BCUT2D eigenvalue weighted by molar-refractivity contribution is 7.80. The van der Waals surface area contributed by atoms with Crippen LogP contribution in [0.25, 0.3) is 0 Å². The van der Waals surface area contributed by atoms with Gasteiger partial charge in [-0.3, -0.25) is 10.2 Å². The van der Waals surface area contributed by atoms with Crippen molar-refractivity contribution in [1.29, 1.82) is 0 Å². The van der Waals surface area contributed by atoms with Gasteiger partial charge < -0.3 is 20.4 Å². The molecule has 0 bridgehead atoms. The van der Waals surface area contributed by atoms with E-state index in [0.29, 0.717) is 34.9 Å². The fourth-order valence-electron chi connectivity index (χ4n) is 5.15. The average Bonchev–Trinajstić information content (AvgIpc) is 2.84. The number of rotatable bonds is 5. The molecular weight excluding hydrogens is 499 g/mol. The number of piperidine rings is 1. The van der Waals surface area contributed by atoms with Crippen LogP contribution in [0.4, 0.5) is 15.8 Å². The van der Waals surface area contributed by atoms with Crippen molar-refractivity contribution in [2.45, 2.75) is 45.2 Å². The van der Waals surface area contributed by atoms with Gasteiger partial charge in [0.25, 0.3) is 5.91 Å². The number of nitrogens with two attached hydrogens (primary N) is 1. The highest BCUT2D eigenvalue weighted by atomic mass is 35.5. The molecule has 0 aliphatic carbocycles. The average molecular weight is 531 g/mol.